The summed E-state index contributed by atoms with van der Waals surface area (Å²) in [5, 5.41) is 4.36. The van der Waals surface area contributed by atoms with E-state index in [9.17, 15) is 4.79 Å². The lowest BCUT2D eigenvalue weighted by atomic mass is 10.0. The first kappa shape index (κ1) is 12.2. The topological polar surface area (TPSA) is 48.1 Å². The lowest BCUT2D eigenvalue weighted by Gasteiger charge is -2.39. The average Bonchev–Trinajstić information content (AvgIpc) is 2.86. The van der Waals surface area contributed by atoms with Crippen LogP contribution >= 0.6 is 0 Å². The lowest BCUT2D eigenvalue weighted by molar-refractivity contribution is 0.0546. The van der Waals surface area contributed by atoms with Gasteiger partial charge in [-0.1, -0.05) is 6.07 Å². The molecule has 4 nitrogen and oxygen atoms in total. The quantitative estimate of drug-likeness (QED) is 0.821. The van der Waals surface area contributed by atoms with Gasteiger partial charge in [0.05, 0.1) is 0 Å². The molecule has 2 unspecified atom stereocenters. The van der Waals surface area contributed by atoms with Crippen LogP contribution in [0, 0.1) is 0 Å². The van der Waals surface area contributed by atoms with Gasteiger partial charge >= 0.3 is 0 Å². The Kier molecular flexibility index (Phi) is 3.03. The van der Waals surface area contributed by atoms with Crippen LogP contribution in [0.1, 0.15) is 24.2 Å². The molecule has 0 radical (unpaired) electrons. The molecule has 100 valence electrons. The second-order valence-electron chi connectivity index (χ2n) is 5.31. The highest BCUT2D eigenvalue weighted by atomic mass is 16.2. The van der Waals surface area contributed by atoms with Crippen LogP contribution in [0.4, 0.5) is 0 Å². The third kappa shape index (κ3) is 2.02. The smallest absolute Gasteiger partial charge is 0.255 e. The number of amides is 1. The number of aromatic amines is 1. The van der Waals surface area contributed by atoms with Crippen molar-refractivity contribution in [3.8, 4) is 0 Å². The van der Waals surface area contributed by atoms with Crippen molar-refractivity contribution >= 4 is 16.8 Å². The number of hydrogen-bond donors (Lipinski definition) is 2. The third-order valence-electron chi connectivity index (χ3n) is 3.89. The second kappa shape index (κ2) is 4.70. The van der Waals surface area contributed by atoms with Gasteiger partial charge in [-0.2, -0.15) is 0 Å². The predicted molar refractivity (Wildman–Crippen MR) is 76.3 cm³/mol. The zero-order chi connectivity index (χ0) is 13.4. The predicted octanol–water partition coefficient (Wildman–Crippen LogP) is 1.99. The SMILES string of the molecule is CC1CNCC(C)N1C(=O)c1cccc2[nH]ccc12. The van der Waals surface area contributed by atoms with E-state index in [2.05, 4.69) is 24.1 Å². The normalized spacial score (nSPS) is 23.8. The maximum absolute atomic E-state index is 12.8. The molecule has 2 atom stereocenters. The van der Waals surface area contributed by atoms with Gasteiger partial charge in [0.1, 0.15) is 0 Å². The zero-order valence-electron chi connectivity index (χ0n) is 11.3. The Hall–Kier alpha value is -1.81. The summed E-state index contributed by atoms with van der Waals surface area (Å²) in [7, 11) is 0. The Morgan fingerprint density at radius 3 is 2.68 bits per heavy atom. The zero-order valence-corrected chi connectivity index (χ0v) is 11.3. The van der Waals surface area contributed by atoms with Crippen LogP contribution in [0.5, 0.6) is 0 Å². The van der Waals surface area contributed by atoms with E-state index in [4.69, 9.17) is 0 Å². The maximum atomic E-state index is 12.8. The number of piperazine rings is 1. The number of aromatic nitrogens is 1. The fraction of sp³-hybridized carbons (Fsp3) is 0.400. The van der Waals surface area contributed by atoms with Crippen molar-refractivity contribution in [2.45, 2.75) is 25.9 Å². The summed E-state index contributed by atoms with van der Waals surface area (Å²) in [6.07, 6.45) is 1.88. The van der Waals surface area contributed by atoms with Crippen LogP contribution in [0.2, 0.25) is 0 Å². The number of carbonyl (C=O) groups is 1. The number of rotatable bonds is 1. The first-order valence-electron chi connectivity index (χ1n) is 6.78. The minimum absolute atomic E-state index is 0.131. The van der Waals surface area contributed by atoms with Gasteiger partial charge in [-0.25, -0.2) is 0 Å². The fourth-order valence-corrected chi connectivity index (χ4v) is 2.94. The van der Waals surface area contributed by atoms with Crippen molar-refractivity contribution in [1.82, 2.24) is 15.2 Å². The van der Waals surface area contributed by atoms with Crippen molar-refractivity contribution in [2.75, 3.05) is 13.1 Å². The Morgan fingerprint density at radius 2 is 1.95 bits per heavy atom. The molecule has 0 bridgehead atoms. The summed E-state index contributed by atoms with van der Waals surface area (Å²) in [4.78, 5) is 18.0. The molecule has 1 saturated heterocycles. The van der Waals surface area contributed by atoms with Gasteiger partial charge in [-0.05, 0) is 32.0 Å². The van der Waals surface area contributed by atoms with Crippen molar-refractivity contribution in [1.29, 1.82) is 0 Å². The average molecular weight is 257 g/mol. The van der Waals surface area contributed by atoms with E-state index < -0.39 is 0 Å². The molecule has 1 aromatic carbocycles. The Balaban J connectivity index is 2.01. The van der Waals surface area contributed by atoms with Crippen molar-refractivity contribution in [3.63, 3.8) is 0 Å². The van der Waals surface area contributed by atoms with E-state index in [-0.39, 0.29) is 18.0 Å². The van der Waals surface area contributed by atoms with Crippen LogP contribution in [-0.4, -0.2) is 41.0 Å². The van der Waals surface area contributed by atoms with Gasteiger partial charge in [0.15, 0.2) is 0 Å². The first-order valence-corrected chi connectivity index (χ1v) is 6.78. The molecule has 0 spiro atoms. The van der Waals surface area contributed by atoms with Gasteiger partial charge in [0, 0.05) is 47.8 Å². The van der Waals surface area contributed by atoms with Crippen LogP contribution in [0.25, 0.3) is 10.9 Å². The summed E-state index contributed by atoms with van der Waals surface area (Å²) >= 11 is 0. The Bertz CT molecular complexity index is 594. The second-order valence-corrected chi connectivity index (χ2v) is 5.31. The minimum Gasteiger partial charge on any atom is -0.361 e. The van der Waals surface area contributed by atoms with Crippen molar-refractivity contribution in [3.05, 3.63) is 36.0 Å². The highest BCUT2D eigenvalue weighted by Crippen LogP contribution is 2.22. The number of nitrogens with zero attached hydrogens (tertiary/aromatic N) is 1. The molecular weight excluding hydrogens is 238 g/mol. The number of benzene rings is 1. The third-order valence-corrected chi connectivity index (χ3v) is 3.89. The number of nitrogens with one attached hydrogen (secondary N) is 2. The summed E-state index contributed by atoms with van der Waals surface area (Å²) in [6, 6.07) is 8.27. The van der Waals surface area contributed by atoms with E-state index in [0.717, 1.165) is 29.6 Å². The van der Waals surface area contributed by atoms with Crippen molar-refractivity contribution < 1.29 is 4.79 Å². The molecule has 19 heavy (non-hydrogen) atoms. The standard InChI is InChI=1S/C15H19N3O/c1-10-8-16-9-11(2)18(10)15(19)13-4-3-5-14-12(13)6-7-17-14/h3-7,10-11,16-17H,8-9H2,1-2H3. The molecule has 4 heteroatoms. The van der Waals surface area contributed by atoms with E-state index in [1.165, 1.54) is 0 Å². The van der Waals surface area contributed by atoms with Gasteiger partial charge in [0.25, 0.3) is 5.91 Å². The van der Waals surface area contributed by atoms with E-state index in [1.807, 2.05) is 35.4 Å². The minimum atomic E-state index is 0.131. The van der Waals surface area contributed by atoms with Gasteiger partial charge in [-0.3, -0.25) is 4.79 Å². The van der Waals surface area contributed by atoms with Crippen LogP contribution in [0.15, 0.2) is 30.5 Å². The van der Waals surface area contributed by atoms with E-state index in [0.29, 0.717) is 0 Å². The van der Waals surface area contributed by atoms with E-state index >= 15 is 0 Å². The monoisotopic (exact) mass is 257 g/mol. The molecule has 0 saturated carbocycles. The molecule has 0 aliphatic carbocycles. The van der Waals surface area contributed by atoms with Gasteiger partial charge < -0.3 is 15.2 Å². The summed E-state index contributed by atoms with van der Waals surface area (Å²) < 4.78 is 0. The number of hydrogen-bond acceptors (Lipinski definition) is 2. The van der Waals surface area contributed by atoms with Crippen molar-refractivity contribution in [2.24, 2.45) is 0 Å². The number of H-pyrrole nitrogens is 1. The molecule has 1 aromatic heterocycles. The maximum Gasteiger partial charge on any atom is 0.255 e. The lowest BCUT2D eigenvalue weighted by Crippen LogP contribution is -2.57. The van der Waals surface area contributed by atoms with Crippen LogP contribution in [-0.2, 0) is 0 Å². The molecule has 3 rings (SSSR count). The highest BCUT2D eigenvalue weighted by molar-refractivity contribution is 6.06. The molecule has 2 aromatic rings. The Labute approximate surface area is 112 Å². The summed E-state index contributed by atoms with van der Waals surface area (Å²) in [5.74, 6) is 0.131. The number of fused-ring (bicyclic) bond motifs is 1. The van der Waals surface area contributed by atoms with Crippen LogP contribution < -0.4 is 5.32 Å². The highest BCUT2D eigenvalue weighted by Gasteiger charge is 2.30. The molecule has 2 N–H and O–H groups in total. The molecular formula is C15H19N3O. The molecule has 1 fully saturated rings. The molecule has 1 amide bonds. The summed E-state index contributed by atoms with van der Waals surface area (Å²) in [6.45, 7) is 5.91. The largest absolute Gasteiger partial charge is 0.361 e. The molecule has 2 heterocycles. The van der Waals surface area contributed by atoms with Gasteiger partial charge in [0.2, 0.25) is 0 Å². The number of carbonyl (C=O) groups excluding carboxylic acids is 1. The molecule has 1 aliphatic heterocycles. The van der Waals surface area contributed by atoms with E-state index in [1.54, 1.807) is 0 Å². The van der Waals surface area contributed by atoms with Gasteiger partial charge in [-0.15, -0.1) is 0 Å². The first-order chi connectivity index (χ1) is 9.18. The molecule has 1 aliphatic rings. The summed E-state index contributed by atoms with van der Waals surface area (Å²) in [5.41, 5.74) is 1.81. The fourth-order valence-electron chi connectivity index (χ4n) is 2.94. The Morgan fingerprint density at radius 1 is 1.21 bits per heavy atom. The van der Waals surface area contributed by atoms with Crippen LogP contribution in [0.3, 0.4) is 0 Å².